The molecule has 4 atom stereocenters. The number of nitrogens with one attached hydrogen (secondary N) is 2. The summed E-state index contributed by atoms with van der Waals surface area (Å²) in [5.74, 6) is -2.78. The van der Waals surface area contributed by atoms with Crippen molar-refractivity contribution in [3.63, 3.8) is 0 Å². The molecule has 4 aliphatic carbocycles. The number of aliphatic carboxylic acids is 1. The number of carbonyl (C=O) groups is 3. The minimum absolute atomic E-state index is 0.0565. The Balaban J connectivity index is 1.57. The van der Waals surface area contributed by atoms with Crippen molar-refractivity contribution in [2.24, 2.45) is 23.7 Å². The summed E-state index contributed by atoms with van der Waals surface area (Å²) in [5.41, 5.74) is 1.40. The van der Waals surface area contributed by atoms with Crippen LogP contribution < -0.4 is 10.6 Å². The maximum Gasteiger partial charge on any atom is 0.307 e. The lowest BCUT2D eigenvalue weighted by atomic mass is 9.62. The van der Waals surface area contributed by atoms with Crippen LogP contribution >= 0.6 is 11.3 Å². The van der Waals surface area contributed by atoms with Crippen LogP contribution in [0.25, 0.3) is 0 Å². The van der Waals surface area contributed by atoms with Gasteiger partial charge in [-0.2, -0.15) is 0 Å². The first-order valence-electron chi connectivity index (χ1n) is 10.5. The van der Waals surface area contributed by atoms with Gasteiger partial charge in [-0.3, -0.25) is 14.4 Å². The van der Waals surface area contributed by atoms with E-state index in [9.17, 15) is 19.5 Å². The summed E-state index contributed by atoms with van der Waals surface area (Å²) in [4.78, 5) is 39.0. The number of carboxylic acids is 1. The lowest BCUT2D eigenvalue weighted by Crippen LogP contribution is -2.47. The number of carboxylic acid groups (broad SMARTS) is 1. The molecule has 0 radical (unpaired) electrons. The zero-order valence-corrected chi connectivity index (χ0v) is 17.7. The van der Waals surface area contributed by atoms with E-state index in [4.69, 9.17) is 0 Å². The Labute approximate surface area is 174 Å². The summed E-state index contributed by atoms with van der Waals surface area (Å²) >= 11 is 1.39. The highest BCUT2D eigenvalue weighted by atomic mass is 32.1. The van der Waals surface area contributed by atoms with Crippen molar-refractivity contribution in [2.45, 2.75) is 58.4 Å². The van der Waals surface area contributed by atoms with Crippen LogP contribution in [0.1, 0.15) is 59.3 Å². The van der Waals surface area contributed by atoms with Crippen molar-refractivity contribution in [2.75, 3.05) is 5.32 Å². The number of anilines is 1. The molecule has 0 aromatic carbocycles. The average Bonchev–Trinajstić information content (AvgIpc) is 3.29. The summed E-state index contributed by atoms with van der Waals surface area (Å²) in [6, 6.07) is 0.196. The summed E-state index contributed by atoms with van der Waals surface area (Å²) in [5, 5.41) is 16.3. The zero-order chi connectivity index (χ0) is 20.7. The number of hydrogen-bond acceptors (Lipinski definition) is 4. The monoisotopic (exact) mass is 416 g/mol. The molecular weight excluding hydrogens is 388 g/mol. The van der Waals surface area contributed by atoms with Crippen LogP contribution in [-0.2, 0) is 9.59 Å². The Kier molecular flexibility index (Phi) is 5.51. The molecule has 5 rings (SSSR count). The highest BCUT2D eigenvalue weighted by molar-refractivity contribution is 7.16. The summed E-state index contributed by atoms with van der Waals surface area (Å²) in [7, 11) is 0. The molecule has 1 aromatic heterocycles. The fraction of sp³-hybridized carbons (Fsp3) is 0.591. The van der Waals surface area contributed by atoms with E-state index >= 15 is 0 Å². The molecule has 29 heavy (non-hydrogen) atoms. The largest absolute Gasteiger partial charge is 0.481 e. The number of allylic oxidation sites excluding steroid dienone is 2. The van der Waals surface area contributed by atoms with Gasteiger partial charge in [0, 0.05) is 10.9 Å². The van der Waals surface area contributed by atoms with E-state index in [1.54, 1.807) is 0 Å². The summed E-state index contributed by atoms with van der Waals surface area (Å²) < 4.78 is 0. The third kappa shape index (κ3) is 3.72. The van der Waals surface area contributed by atoms with Gasteiger partial charge in [-0.1, -0.05) is 25.0 Å². The van der Waals surface area contributed by atoms with E-state index in [1.807, 2.05) is 26.0 Å². The van der Waals surface area contributed by atoms with Gasteiger partial charge in [0.1, 0.15) is 5.00 Å². The van der Waals surface area contributed by atoms with Crippen molar-refractivity contribution in [1.82, 2.24) is 5.32 Å². The maximum absolute atomic E-state index is 13.2. The third-order valence-corrected chi connectivity index (χ3v) is 8.00. The molecule has 2 fully saturated rings. The van der Waals surface area contributed by atoms with Crippen molar-refractivity contribution < 1.29 is 19.5 Å². The second kappa shape index (κ2) is 7.94. The highest BCUT2D eigenvalue weighted by Crippen LogP contribution is 2.46. The molecule has 156 valence electrons. The lowest BCUT2D eigenvalue weighted by molar-refractivity contribution is -0.151. The number of rotatable bonds is 5. The van der Waals surface area contributed by atoms with Crippen molar-refractivity contribution in [3.05, 3.63) is 28.2 Å². The first-order valence-corrected chi connectivity index (χ1v) is 11.3. The van der Waals surface area contributed by atoms with Crippen molar-refractivity contribution >= 4 is 34.1 Å². The quantitative estimate of drug-likeness (QED) is 0.635. The van der Waals surface area contributed by atoms with E-state index in [-0.39, 0.29) is 29.7 Å². The molecule has 1 heterocycles. The molecule has 6 nitrogen and oxygen atoms in total. The fourth-order valence-corrected chi connectivity index (χ4v) is 6.26. The number of fused-ring (bicyclic) bond motifs is 2. The second-order valence-electron chi connectivity index (χ2n) is 8.61. The Morgan fingerprint density at radius 1 is 1.00 bits per heavy atom. The van der Waals surface area contributed by atoms with Gasteiger partial charge < -0.3 is 15.7 Å². The standard InChI is InChI=1S/C22H28N2O4S/c1-11-12(2)29-21(16(11)19(25)23-15-5-3-4-6-15)24-20(26)17-13-7-9-14(10-8-13)18(17)22(27)28/h7,9,13-15,17-18H,3-6,8,10H2,1-2H3,(H,23,25)(H,24,26)(H,27,28)/t13-,14-,17-,18+/m0/s1. The van der Waals surface area contributed by atoms with Gasteiger partial charge >= 0.3 is 5.97 Å². The first-order chi connectivity index (χ1) is 13.9. The molecule has 1 aromatic rings. The number of aryl methyl sites for hydroxylation is 1. The molecule has 0 aliphatic heterocycles. The molecule has 3 N–H and O–H groups in total. The normalized spacial score (nSPS) is 28.5. The van der Waals surface area contributed by atoms with E-state index in [0.717, 1.165) is 49.0 Å². The summed E-state index contributed by atoms with van der Waals surface area (Å²) in [6.45, 7) is 3.84. The van der Waals surface area contributed by atoms with Gasteiger partial charge in [0.25, 0.3) is 5.91 Å². The number of thiophene rings is 1. The number of hydrogen-bond donors (Lipinski definition) is 3. The van der Waals surface area contributed by atoms with Crippen LogP contribution in [0.3, 0.4) is 0 Å². The predicted molar refractivity (Wildman–Crippen MR) is 112 cm³/mol. The highest BCUT2D eigenvalue weighted by Gasteiger charge is 2.48. The van der Waals surface area contributed by atoms with Crippen molar-refractivity contribution in [1.29, 1.82) is 0 Å². The van der Waals surface area contributed by atoms with Crippen LogP contribution in [0.5, 0.6) is 0 Å². The van der Waals surface area contributed by atoms with Gasteiger partial charge in [0.15, 0.2) is 0 Å². The number of amides is 2. The van der Waals surface area contributed by atoms with Gasteiger partial charge in [-0.15, -0.1) is 11.3 Å². The molecule has 7 heteroatoms. The molecule has 0 spiro atoms. The molecular formula is C22H28N2O4S. The van der Waals surface area contributed by atoms with Crippen LogP contribution in [0.2, 0.25) is 0 Å². The maximum atomic E-state index is 13.2. The van der Waals surface area contributed by atoms with Gasteiger partial charge in [-0.05, 0) is 56.9 Å². The Morgan fingerprint density at radius 3 is 2.21 bits per heavy atom. The molecule has 4 aliphatic rings. The van der Waals surface area contributed by atoms with E-state index in [2.05, 4.69) is 10.6 Å². The fourth-order valence-electron chi connectivity index (χ4n) is 5.20. The topological polar surface area (TPSA) is 95.5 Å². The minimum Gasteiger partial charge on any atom is -0.481 e. The summed E-state index contributed by atoms with van der Waals surface area (Å²) in [6.07, 6.45) is 9.84. The van der Waals surface area contributed by atoms with E-state index in [0.29, 0.717) is 10.6 Å². The number of carbonyl (C=O) groups excluding carboxylic acids is 2. The second-order valence-corrected chi connectivity index (χ2v) is 9.84. The minimum atomic E-state index is -0.915. The third-order valence-electron chi connectivity index (χ3n) is 6.88. The first kappa shape index (κ1) is 20.1. The van der Waals surface area contributed by atoms with E-state index < -0.39 is 17.8 Å². The van der Waals surface area contributed by atoms with Crippen LogP contribution in [0, 0.1) is 37.5 Å². The molecule has 2 saturated carbocycles. The van der Waals surface area contributed by atoms with Crippen LogP contribution in [-0.4, -0.2) is 28.9 Å². The average molecular weight is 417 g/mol. The van der Waals surface area contributed by atoms with Gasteiger partial charge in [0.2, 0.25) is 5.91 Å². The Morgan fingerprint density at radius 2 is 1.62 bits per heavy atom. The molecule has 2 amide bonds. The predicted octanol–water partition coefficient (Wildman–Crippen LogP) is 3.89. The molecule has 0 saturated heterocycles. The van der Waals surface area contributed by atoms with Gasteiger partial charge in [0.05, 0.1) is 17.4 Å². The molecule has 0 unspecified atom stereocenters. The smallest absolute Gasteiger partial charge is 0.307 e. The lowest BCUT2D eigenvalue weighted by Gasteiger charge is -2.41. The van der Waals surface area contributed by atoms with Gasteiger partial charge in [-0.25, -0.2) is 0 Å². The van der Waals surface area contributed by atoms with E-state index in [1.165, 1.54) is 11.3 Å². The Hall–Kier alpha value is -2.15. The van der Waals surface area contributed by atoms with Crippen molar-refractivity contribution in [3.8, 4) is 0 Å². The van der Waals surface area contributed by atoms with Crippen LogP contribution in [0.4, 0.5) is 5.00 Å². The SMILES string of the molecule is Cc1sc(NC(=O)[C@@H]2[C@H](C(=O)O)[C@H]3C=C[C@H]2CC3)c(C(=O)NC2CCCC2)c1C. The molecule has 2 bridgehead atoms. The zero-order valence-electron chi connectivity index (χ0n) is 16.9. The Bertz CT molecular complexity index is 868. The van der Waals surface area contributed by atoms with Crippen LogP contribution in [0.15, 0.2) is 12.2 Å².